The van der Waals surface area contributed by atoms with Gasteiger partial charge in [0.15, 0.2) is 5.69 Å². The Balaban J connectivity index is 1.87. The van der Waals surface area contributed by atoms with Crippen molar-refractivity contribution in [2.24, 2.45) is 0 Å². The second kappa shape index (κ2) is 7.28. The highest BCUT2D eigenvalue weighted by molar-refractivity contribution is 5.81. The molecule has 1 aromatic carbocycles. The van der Waals surface area contributed by atoms with Crippen molar-refractivity contribution in [1.82, 2.24) is 20.3 Å². The highest BCUT2D eigenvalue weighted by atomic mass is 16.5. The first kappa shape index (κ1) is 16.9. The number of benzene rings is 1. The molecule has 25 heavy (non-hydrogen) atoms. The quantitative estimate of drug-likeness (QED) is 0.856. The SMILES string of the molecule is CC(C)OC(=O)C1CC(c2nnn(-c3ccccc3)c2C#N)=CCN1. The molecule has 1 aliphatic rings. The van der Waals surface area contributed by atoms with E-state index in [2.05, 4.69) is 21.7 Å². The number of aromatic nitrogens is 3. The standard InChI is InChI=1S/C18H19N5O2/c1-12(2)25-18(24)15-10-13(8-9-20-15)17-16(11-19)23(22-21-17)14-6-4-3-5-7-14/h3-8,12,15,20H,9-10H2,1-2H3. The lowest BCUT2D eigenvalue weighted by molar-refractivity contribution is -0.149. The van der Waals surface area contributed by atoms with E-state index in [1.54, 1.807) is 0 Å². The van der Waals surface area contributed by atoms with Crippen LogP contribution in [-0.2, 0) is 9.53 Å². The van der Waals surface area contributed by atoms with Crippen LogP contribution in [0.25, 0.3) is 11.3 Å². The van der Waals surface area contributed by atoms with Crippen LogP contribution < -0.4 is 5.32 Å². The third-order valence-corrected chi connectivity index (χ3v) is 3.85. The molecule has 2 heterocycles. The Labute approximate surface area is 145 Å². The number of rotatable bonds is 4. The Morgan fingerprint density at radius 1 is 1.40 bits per heavy atom. The normalized spacial score (nSPS) is 17.0. The van der Waals surface area contributed by atoms with E-state index in [-0.39, 0.29) is 12.1 Å². The Kier molecular flexibility index (Phi) is 4.91. The Bertz CT molecular complexity index is 833. The first-order valence-corrected chi connectivity index (χ1v) is 8.14. The van der Waals surface area contributed by atoms with Gasteiger partial charge in [-0.15, -0.1) is 5.10 Å². The Morgan fingerprint density at radius 3 is 2.84 bits per heavy atom. The number of esters is 1. The van der Waals surface area contributed by atoms with Crippen LogP contribution in [0.3, 0.4) is 0 Å². The molecular formula is C18H19N5O2. The van der Waals surface area contributed by atoms with Crippen molar-refractivity contribution >= 4 is 11.5 Å². The maximum Gasteiger partial charge on any atom is 0.323 e. The molecule has 1 aromatic heterocycles. The molecule has 3 rings (SSSR count). The van der Waals surface area contributed by atoms with Gasteiger partial charge >= 0.3 is 5.97 Å². The van der Waals surface area contributed by atoms with E-state index in [1.165, 1.54) is 4.68 Å². The molecule has 0 spiro atoms. The average molecular weight is 337 g/mol. The van der Waals surface area contributed by atoms with Gasteiger partial charge in [-0.2, -0.15) is 5.26 Å². The molecule has 1 atom stereocenters. The molecule has 7 heteroatoms. The van der Waals surface area contributed by atoms with Crippen LogP contribution in [0.2, 0.25) is 0 Å². The van der Waals surface area contributed by atoms with E-state index in [1.807, 2.05) is 50.3 Å². The predicted octanol–water partition coefficient (Wildman–Crippen LogP) is 1.84. The van der Waals surface area contributed by atoms with Crippen LogP contribution in [0.15, 0.2) is 36.4 Å². The van der Waals surface area contributed by atoms with Crippen molar-refractivity contribution in [2.45, 2.75) is 32.4 Å². The molecule has 2 aromatic rings. The summed E-state index contributed by atoms with van der Waals surface area (Å²) in [6.45, 7) is 4.14. The molecule has 0 saturated heterocycles. The number of nitriles is 1. The van der Waals surface area contributed by atoms with E-state index in [0.717, 1.165) is 11.3 Å². The number of nitrogens with zero attached hydrogens (tertiary/aromatic N) is 4. The minimum absolute atomic E-state index is 0.169. The van der Waals surface area contributed by atoms with Gasteiger partial charge in [0.2, 0.25) is 0 Å². The highest BCUT2D eigenvalue weighted by Gasteiger charge is 2.28. The highest BCUT2D eigenvalue weighted by Crippen LogP contribution is 2.25. The number of carbonyl (C=O) groups is 1. The monoisotopic (exact) mass is 337 g/mol. The second-order valence-electron chi connectivity index (χ2n) is 6.03. The van der Waals surface area contributed by atoms with Crippen molar-refractivity contribution in [3.63, 3.8) is 0 Å². The van der Waals surface area contributed by atoms with Gasteiger partial charge in [0.1, 0.15) is 17.8 Å². The summed E-state index contributed by atoms with van der Waals surface area (Å²) in [5.41, 5.74) is 2.46. The van der Waals surface area contributed by atoms with Gasteiger partial charge in [-0.1, -0.05) is 29.5 Å². The summed E-state index contributed by atoms with van der Waals surface area (Å²) in [6.07, 6.45) is 2.17. The van der Waals surface area contributed by atoms with Crippen LogP contribution in [0, 0.1) is 11.3 Å². The summed E-state index contributed by atoms with van der Waals surface area (Å²) in [6, 6.07) is 11.1. The van der Waals surface area contributed by atoms with Crippen molar-refractivity contribution in [1.29, 1.82) is 5.26 Å². The third kappa shape index (κ3) is 3.59. The Morgan fingerprint density at radius 2 is 2.16 bits per heavy atom. The first-order valence-electron chi connectivity index (χ1n) is 8.14. The van der Waals surface area contributed by atoms with Crippen molar-refractivity contribution in [2.75, 3.05) is 6.54 Å². The number of hydrogen-bond donors (Lipinski definition) is 1. The van der Waals surface area contributed by atoms with E-state index >= 15 is 0 Å². The maximum absolute atomic E-state index is 12.1. The summed E-state index contributed by atoms with van der Waals surface area (Å²) in [5, 5.41) is 21.0. The molecule has 0 radical (unpaired) electrons. The lowest BCUT2D eigenvalue weighted by Gasteiger charge is -2.23. The predicted molar refractivity (Wildman–Crippen MR) is 91.7 cm³/mol. The maximum atomic E-state index is 12.1. The first-order chi connectivity index (χ1) is 12.1. The van der Waals surface area contributed by atoms with Gasteiger partial charge in [-0.3, -0.25) is 4.79 Å². The van der Waals surface area contributed by atoms with Crippen LogP contribution >= 0.6 is 0 Å². The smallest absolute Gasteiger partial charge is 0.323 e. The molecule has 1 unspecified atom stereocenters. The van der Waals surface area contributed by atoms with Crippen LogP contribution in [0.1, 0.15) is 31.7 Å². The van der Waals surface area contributed by atoms with Crippen molar-refractivity contribution in [3.8, 4) is 11.8 Å². The molecule has 0 saturated carbocycles. The summed E-state index contributed by atoms with van der Waals surface area (Å²) < 4.78 is 6.78. The lowest BCUT2D eigenvalue weighted by Crippen LogP contribution is -2.41. The van der Waals surface area contributed by atoms with Crippen molar-refractivity contribution in [3.05, 3.63) is 47.8 Å². The Hall–Kier alpha value is -2.98. The zero-order valence-corrected chi connectivity index (χ0v) is 14.1. The fourth-order valence-corrected chi connectivity index (χ4v) is 2.72. The molecule has 0 fully saturated rings. The molecule has 1 N–H and O–H groups in total. The van der Waals surface area contributed by atoms with Gasteiger partial charge in [0.25, 0.3) is 0 Å². The molecule has 128 valence electrons. The summed E-state index contributed by atoms with van der Waals surface area (Å²) in [7, 11) is 0. The van der Waals surface area contributed by atoms with Crippen LogP contribution in [0.5, 0.6) is 0 Å². The van der Waals surface area contributed by atoms with Gasteiger partial charge in [0.05, 0.1) is 11.8 Å². The average Bonchev–Trinajstić information content (AvgIpc) is 3.06. The molecule has 1 aliphatic heterocycles. The summed E-state index contributed by atoms with van der Waals surface area (Å²) >= 11 is 0. The number of ether oxygens (including phenoxy) is 1. The fourth-order valence-electron chi connectivity index (χ4n) is 2.72. The number of para-hydroxylation sites is 1. The van der Waals surface area contributed by atoms with Crippen LogP contribution in [0.4, 0.5) is 0 Å². The number of nitrogens with one attached hydrogen (secondary N) is 1. The number of hydrogen-bond acceptors (Lipinski definition) is 6. The van der Waals surface area contributed by atoms with Gasteiger partial charge in [0, 0.05) is 13.0 Å². The van der Waals surface area contributed by atoms with E-state index in [9.17, 15) is 10.1 Å². The van der Waals surface area contributed by atoms with Gasteiger partial charge in [-0.05, 0) is 31.6 Å². The minimum atomic E-state index is -0.448. The molecule has 0 aliphatic carbocycles. The zero-order valence-electron chi connectivity index (χ0n) is 14.1. The topological polar surface area (TPSA) is 92.8 Å². The molecular weight excluding hydrogens is 318 g/mol. The lowest BCUT2D eigenvalue weighted by atomic mass is 9.98. The largest absolute Gasteiger partial charge is 0.462 e. The fraction of sp³-hybridized carbons (Fsp3) is 0.333. The van der Waals surface area contributed by atoms with Crippen LogP contribution in [-0.4, -0.2) is 39.7 Å². The molecule has 7 nitrogen and oxygen atoms in total. The zero-order chi connectivity index (χ0) is 17.8. The molecule has 0 bridgehead atoms. The minimum Gasteiger partial charge on any atom is -0.462 e. The van der Waals surface area contributed by atoms with Gasteiger partial charge < -0.3 is 10.1 Å². The van der Waals surface area contributed by atoms with E-state index in [4.69, 9.17) is 4.74 Å². The molecule has 0 amide bonds. The van der Waals surface area contributed by atoms with E-state index < -0.39 is 6.04 Å². The third-order valence-electron chi connectivity index (χ3n) is 3.85. The second-order valence-corrected chi connectivity index (χ2v) is 6.03. The summed E-state index contributed by atoms with van der Waals surface area (Å²) in [5.74, 6) is -0.297. The van der Waals surface area contributed by atoms with Crippen molar-refractivity contribution < 1.29 is 9.53 Å². The number of carbonyl (C=O) groups excluding carboxylic acids is 1. The van der Waals surface area contributed by atoms with E-state index in [0.29, 0.717) is 24.4 Å². The van der Waals surface area contributed by atoms with Gasteiger partial charge in [-0.25, -0.2) is 4.68 Å². The summed E-state index contributed by atoms with van der Waals surface area (Å²) in [4.78, 5) is 12.1.